The maximum atomic E-state index is 12.6. The molecule has 1 N–H and O–H groups in total. The number of likely N-dealkylation sites (tertiary alicyclic amines) is 1. The van der Waals surface area contributed by atoms with Gasteiger partial charge in [-0.25, -0.2) is 4.79 Å². The Morgan fingerprint density at radius 1 is 1.23 bits per heavy atom. The van der Waals surface area contributed by atoms with E-state index < -0.39 is 5.79 Å². The number of hydrogen-bond donors (Lipinski definition) is 1. The number of carbonyl (C=O) groups excluding carboxylic acids is 1. The number of hydrogen-bond acceptors (Lipinski definition) is 3. The van der Waals surface area contributed by atoms with E-state index in [0.717, 1.165) is 38.8 Å². The molecule has 1 saturated carbocycles. The van der Waals surface area contributed by atoms with E-state index >= 15 is 0 Å². The molecule has 3 atom stereocenters. The summed E-state index contributed by atoms with van der Waals surface area (Å²) in [5.74, 6) is 0.432. The summed E-state index contributed by atoms with van der Waals surface area (Å²) in [4.78, 5) is 14.6. The topological polar surface area (TPSA) is 50.8 Å². The second-order valence-electron chi connectivity index (χ2n) is 7.15. The summed E-state index contributed by atoms with van der Waals surface area (Å²) >= 11 is 0. The van der Waals surface area contributed by atoms with Gasteiger partial charge in [-0.05, 0) is 38.5 Å². The van der Waals surface area contributed by atoms with Gasteiger partial charge in [0.05, 0.1) is 13.2 Å². The molecule has 2 heterocycles. The van der Waals surface area contributed by atoms with Crippen LogP contribution in [0.2, 0.25) is 0 Å². The first-order chi connectivity index (χ1) is 10.6. The Kier molecular flexibility index (Phi) is 4.93. The van der Waals surface area contributed by atoms with Crippen LogP contribution in [0.15, 0.2) is 0 Å². The maximum Gasteiger partial charge on any atom is 0.317 e. The summed E-state index contributed by atoms with van der Waals surface area (Å²) in [7, 11) is 0. The third-order valence-electron chi connectivity index (χ3n) is 5.80. The molecule has 3 aliphatic rings. The molecule has 1 aliphatic carbocycles. The predicted octanol–water partition coefficient (Wildman–Crippen LogP) is 2.75. The van der Waals surface area contributed by atoms with Crippen molar-refractivity contribution in [2.45, 2.75) is 64.2 Å². The monoisotopic (exact) mass is 310 g/mol. The minimum atomic E-state index is -0.502. The highest BCUT2D eigenvalue weighted by Crippen LogP contribution is 2.34. The summed E-state index contributed by atoms with van der Waals surface area (Å²) in [6, 6.07) is 0.476. The number of nitrogens with zero attached hydrogens (tertiary/aromatic N) is 1. The van der Waals surface area contributed by atoms with Crippen molar-refractivity contribution in [1.82, 2.24) is 10.2 Å². The van der Waals surface area contributed by atoms with E-state index in [1.165, 1.54) is 12.8 Å². The molecule has 0 radical (unpaired) electrons. The number of amides is 2. The average Bonchev–Trinajstić information content (AvgIpc) is 3.17. The number of rotatable bonds is 3. The van der Waals surface area contributed by atoms with E-state index in [4.69, 9.17) is 9.47 Å². The molecular weight excluding hydrogens is 280 g/mol. The van der Waals surface area contributed by atoms with Gasteiger partial charge in [0.1, 0.15) is 0 Å². The Labute approximate surface area is 133 Å². The first-order valence-corrected chi connectivity index (χ1v) is 8.95. The van der Waals surface area contributed by atoms with Gasteiger partial charge in [-0.3, -0.25) is 0 Å². The Hall–Kier alpha value is -0.810. The van der Waals surface area contributed by atoms with Gasteiger partial charge in [0.2, 0.25) is 0 Å². The minimum Gasteiger partial charge on any atom is -0.347 e. The molecule has 0 unspecified atom stereocenters. The molecule has 0 aromatic carbocycles. The van der Waals surface area contributed by atoms with E-state index in [9.17, 15) is 4.79 Å². The van der Waals surface area contributed by atoms with Crippen LogP contribution >= 0.6 is 0 Å². The molecule has 126 valence electrons. The summed E-state index contributed by atoms with van der Waals surface area (Å²) in [6.07, 6.45) is 6.89. The fourth-order valence-corrected chi connectivity index (χ4v) is 4.32. The smallest absolute Gasteiger partial charge is 0.317 e. The number of ether oxygens (including phenoxy) is 2. The van der Waals surface area contributed by atoms with Crippen molar-refractivity contribution in [3.8, 4) is 0 Å². The van der Waals surface area contributed by atoms with Crippen molar-refractivity contribution in [1.29, 1.82) is 0 Å². The van der Waals surface area contributed by atoms with Crippen LogP contribution in [0.4, 0.5) is 4.79 Å². The molecule has 2 aliphatic heterocycles. The fourth-order valence-electron chi connectivity index (χ4n) is 4.32. The van der Waals surface area contributed by atoms with Gasteiger partial charge in [-0.1, -0.05) is 19.8 Å². The Bertz CT molecular complexity index is 395. The van der Waals surface area contributed by atoms with Crippen LogP contribution in [0.5, 0.6) is 0 Å². The molecule has 0 aromatic rings. The van der Waals surface area contributed by atoms with Gasteiger partial charge in [-0.15, -0.1) is 0 Å². The molecule has 0 aromatic heterocycles. The highest BCUT2D eigenvalue weighted by Gasteiger charge is 2.42. The van der Waals surface area contributed by atoms with Gasteiger partial charge >= 0.3 is 6.03 Å². The van der Waals surface area contributed by atoms with Crippen LogP contribution in [-0.2, 0) is 9.47 Å². The number of carbonyl (C=O) groups is 1. The zero-order valence-corrected chi connectivity index (χ0v) is 14.0. The molecule has 2 amide bonds. The van der Waals surface area contributed by atoms with E-state index in [1.807, 2.05) is 11.8 Å². The van der Waals surface area contributed by atoms with E-state index in [-0.39, 0.29) is 11.9 Å². The fraction of sp³-hybridized carbons (Fsp3) is 0.941. The number of piperidine rings is 1. The highest BCUT2D eigenvalue weighted by atomic mass is 16.7. The zero-order chi connectivity index (χ0) is 15.6. The van der Waals surface area contributed by atoms with Gasteiger partial charge in [0, 0.05) is 25.0 Å². The lowest BCUT2D eigenvalue weighted by atomic mass is 9.90. The quantitative estimate of drug-likeness (QED) is 0.872. The number of urea groups is 1. The highest BCUT2D eigenvalue weighted by molar-refractivity contribution is 5.74. The average molecular weight is 310 g/mol. The van der Waals surface area contributed by atoms with Gasteiger partial charge < -0.3 is 19.7 Å². The van der Waals surface area contributed by atoms with Crippen LogP contribution in [0.25, 0.3) is 0 Å². The van der Waals surface area contributed by atoms with Gasteiger partial charge in [0.25, 0.3) is 0 Å². The van der Waals surface area contributed by atoms with Crippen LogP contribution in [-0.4, -0.2) is 49.1 Å². The summed E-state index contributed by atoms with van der Waals surface area (Å²) < 4.78 is 11.6. The van der Waals surface area contributed by atoms with Crippen molar-refractivity contribution in [3.05, 3.63) is 0 Å². The van der Waals surface area contributed by atoms with Crippen molar-refractivity contribution in [2.75, 3.05) is 26.3 Å². The van der Waals surface area contributed by atoms with Crippen molar-refractivity contribution in [3.63, 3.8) is 0 Å². The van der Waals surface area contributed by atoms with Crippen LogP contribution in [0.1, 0.15) is 52.4 Å². The minimum absolute atomic E-state index is 0.108. The van der Waals surface area contributed by atoms with E-state index in [2.05, 4.69) is 12.2 Å². The SMILES string of the molecule is CC[C@@H]1CCC[C@H]1NC(=O)N1CCC[C@@H](C2(C)OCCO2)C1. The molecule has 0 bridgehead atoms. The van der Waals surface area contributed by atoms with Crippen LogP contribution in [0.3, 0.4) is 0 Å². The maximum absolute atomic E-state index is 12.6. The van der Waals surface area contributed by atoms with Crippen molar-refractivity contribution < 1.29 is 14.3 Å². The zero-order valence-electron chi connectivity index (χ0n) is 14.0. The summed E-state index contributed by atoms with van der Waals surface area (Å²) in [6.45, 7) is 7.17. The molecule has 5 heteroatoms. The Morgan fingerprint density at radius 2 is 2.00 bits per heavy atom. The predicted molar refractivity (Wildman–Crippen MR) is 84.6 cm³/mol. The lowest BCUT2D eigenvalue weighted by Gasteiger charge is -2.40. The lowest BCUT2D eigenvalue weighted by molar-refractivity contribution is -0.189. The molecule has 3 fully saturated rings. The summed E-state index contributed by atoms with van der Waals surface area (Å²) in [5, 5.41) is 3.28. The first-order valence-electron chi connectivity index (χ1n) is 8.95. The second kappa shape index (κ2) is 6.75. The third kappa shape index (κ3) is 3.25. The molecule has 5 nitrogen and oxygen atoms in total. The molecule has 22 heavy (non-hydrogen) atoms. The second-order valence-corrected chi connectivity index (χ2v) is 7.15. The van der Waals surface area contributed by atoms with Crippen molar-refractivity contribution >= 4 is 6.03 Å². The largest absolute Gasteiger partial charge is 0.347 e. The van der Waals surface area contributed by atoms with Gasteiger partial charge in [-0.2, -0.15) is 0 Å². The summed E-state index contributed by atoms with van der Waals surface area (Å²) in [5.41, 5.74) is 0. The standard InChI is InChI=1S/C17H30N2O3/c1-3-13-6-4-8-15(13)18-16(20)19-9-5-7-14(12-19)17(2)21-10-11-22-17/h13-15H,3-12H2,1-2H3,(H,18,20)/t13-,14-,15-/m1/s1. The lowest BCUT2D eigenvalue weighted by Crippen LogP contribution is -2.53. The van der Waals surface area contributed by atoms with E-state index in [1.54, 1.807) is 0 Å². The molecular formula is C17H30N2O3. The Morgan fingerprint density at radius 3 is 2.73 bits per heavy atom. The van der Waals surface area contributed by atoms with Gasteiger partial charge in [0.15, 0.2) is 5.79 Å². The molecule has 2 saturated heterocycles. The first kappa shape index (κ1) is 16.1. The van der Waals surface area contributed by atoms with Crippen LogP contribution in [0, 0.1) is 11.8 Å². The Balaban J connectivity index is 1.56. The molecule has 3 rings (SSSR count). The number of nitrogens with one attached hydrogen (secondary N) is 1. The van der Waals surface area contributed by atoms with E-state index in [0.29, 0.717) is 25.2 Å². The third-order valence-corrected chi connectivity index (χ3v) is 5.80. The normalized spacial score (nSPS) is 34.8. The van der Waals surface area contributed by atoms with Crippen LogP contribution < -0.4 is 5.32 Å². The van der Waals surface area contributed by atoms with Crippen molar-refractivity contribution in [2.24, 2.45) is 11.8 Å². The molecule has 0 spiro atoms.